The number of hydrogen-bond acceptors (Lipinski definition) is 5. The van der Waals surface area contributed by atoms with Crippen molar-refractivity contribution in [3.05, 3.63) is 58.4 Å². The minimum atomic E-state index is -0.653. The summed E-state index contributed by atoms with van der Waals surface area (Å²) in [6, 6.07) is 7.63. The molecule has 0 fully saturated rings. The van der Waals surface area contributed by atoms with Crippen molar-refractivity contribution in [2.45, 2.75) is 0 Å². The van der Waals surface area contributed by atoms with Gasteiger partial charge in [-0.2, -0.15) is 0 Å². The Bertz CT molecular complexity index is 658. The van der Waals surface area contributed by atoms with Crippen LogP contribution in [-0.2, 0) is 0 Å². The van der Waals surface area contributed by atoms with E-state index in [0.717, 1.165) is 0 Å². The van der Waals surface area contributed by atoms with E-state index in [1.165, 1.54) is 36.3 Å². The van der Waals surface area contributed by atoms with Crippen LogP contribution in [0.5, 0.6) is 0 Å². The van der Waals surface area contributed by atoms with Gasteiger partial charge >= 0.3 is 5.69 Å². The lowest BCUT2D eigenvalue weighted by Crippen LogP contribution is -2.27. The lowest BCUT2D eigenvalue weighted by Gasteiger charge is -2.17. The molecule has 0 saturated carbocycles. The summed E-state index contributed by atoms with van der Waals surface area (Å²) in [4.78, 5) is 27.9. The number of nitrogens with zero attached hydrogens (tertiary/aromatic N) is 3. The monoisotopic (exact) mass is 272 g/mol. The van der Waals surface area contributed by atoms with Gasteiger partial charge in [-0.3, -0.25) is 19.9 Å². The average Bonchev–Trinajstić information content (AvgIpc) is 2.46. The number of benzene rings is 1. The molecule has 1 aromatic heterocycles. The van der Waals surface area contributed by atoms with Crippen LogP contribution in [0.4, 0.5) is 17.1 Å². The molecule has 0 radical (unpaired) electrons. The van der Waals surface area contributed by atoms with Crippen molar-refractivity contribution in [2.24, 2.45) is 0 Å². The van der Waals surface area contributed by atoms with Crippen LogP contribution in [0.3, 0.4) is 0 Å². The van der Waals surface area contributed by atoms with Crippen molar-refractivity contribution < 1.29 is 9.72 Å². The third-order valence-electron chi connectivity index (χ3n) is 2.82. The molecule has 1 amide bonds. The Labute approximate surface area is 114 Å². The van der Waals surface area contributed by atoms with Gasteiger partial charge in [0.25, 0.3) is 5.91 Å². The fraction of sp³-hybridized carbons (Fsp3) is 0.0769. The van der Waals surface area contributed by atoms with Crippen LogP contribution in [-0.4, -0.2) is 22.9 Å². The number of aromatic nitrogens is 1. The average molecular weight is 272 g/mol. The third-order valence-corrected chi connectivity index (χ3v) is 2.82. The van der Waals surface area contributed by atoms with Crippen molar-refractivity contribution in [3.63, 3.8) is 0 Å². The number of hydrogen-bond donors (Lipinski definition) is 1. The summed E-state index contributed by atoms with van der Waals surface area (Å²) in [6.45, 7) is 0. The molecule has 0 aliphatic heterocycles. The van der Waals surface area contributed by atoms with Gasteiger partial charge in [0.15, 0.2) is 0 Å². The fourth-order valence-corrected chi connectivity index (χ4v) is 1.79. The summed E-state index contributed by atoms with van der Waals surface area (Å²) in [7, 11) is 1.52. The van der Waals surface area contributed by atoms with Crippen molar-refractivity contribution in [1.82, 2.24) is 4.98 Å². The van der Waals surface area contributed by atoms with E-state index in [9.17, 15) is 14.9 Å². The highest BCUT2D eigenvalue weighted by Gasteiger charge is 2.25. The summed E-state index contributed by atoms with van der Waals surface area (Å²) in [5, 5.41) is 11.0. The van der Waals surface area contributed by atoms with Gasteiger partial charge in [-0.15, -0.1) is 0 Å². The van der Waals surface area contributed by atoms with Gasteiger partial charge in [0.2, 0.25) is 0 Å². The highest BCUT2D eigenvalue weighted by molar-refractivity contribution is 6.09. The van der Waals surface area contributed by atoms with Crippen LogP contribution >= 0.6 is 0 Å². The van der Waals surface area contributed by atoms with Crippen LogP contribution in [0.15, 0.2) is 42.7 Å². The predicted octanol–water partition coefficient (Wildman–Crippen LogP) is 1.85. The van der Waals surface area contributed by atoms with E-state index in [-0.39, 0.29) is 16.9 Å². The molecule has 0 saturated heterocycles. The smallest absolute Gasteiger partial charge is 0.304 e. The normalized spacial score (nSPS) is 10.1. The van der Waals surface area contributed by atoms with Crippen LogP contribution in [0.1, 0.15) is 10.4 Å². The molecule has 2 rings (SSSR count). The van der Waals surface area contributed by atoms with E-state index < -0.39 is 10.8 Å². The molecule has 0 aliphatic carbocycles. The molecule has 102 valence electrons. The first-order valence-corrected chi connectivity index (χ1v) is 5.73. The van der Waals surface area contributed by atoms with Gasteiger partial charge in [-0.05, 0) is 24.3 Å². The van der Waals surface area contributed by atoms with Crippen LogP contribution in [0.2, 0.25) is 0 Å². The number of para-hydroxylation sites is 1. The maximum Gasteiger partial charge on any atom is 0.304 e. The van der Waals surface area contributed by atoms with Crippen molar-refractivity contribution in [1.29, 1.82) is 0 Å². The minimum absolute atomic E-state index is 0.0413. The third kappa shape index (κ3) is 2.41. The Morgan fingerprint density at radius 1 is 1.35 bits per heavy atom. The first-order chi connectivity index (χ1) is 9.52. The highest BCUT2D eigenvalue weighted by Crippen LogP contribution is 2.27. The maximum atomic E-state index is 12.4. The topological polar surface area (TPSA) is 102 Å². The number of carbonyl (C=O) groups is 1. The van der Waals surface area contributed by atoms with Crippen LogP contribution in [0, 0.1) is 10.1 Å². The summed E-state index contributed by atoms with van der Waals surface area (Å²) in [5.74, 6) is -0.517. The molecule has 7 heteroatoms. The predicted molar refractivity (Wildman–Crippen MR) is 74.5 cm³/mol. The first-order valence-electron chi connectivity index (χ1n) is 5.73. The van der Waals surface area contributed by atoms with Gasteiger partial charge in [-0.25, -0.2) is 0 Å². The number of amides is 1. The number of anilines is 2. The lowest BCUT2D eigenvalue weighted by atomic mass is 10.1. The summed E-state index contributed by atoms with van der Waals surface area (Å²) >= 11 is 0. The Hall–Kier alpha value is -2.96. The summed E-state index contributed by atoms with van der Waals surface area (Å²) in [5.41, 5.74) is 5.63. The highest BCUT2D eigenvalue weighted by atomic mass is 16.6. The summed E-state index contributed by atoms with van der Waals surface area (Å²) in [6.07, 6.45) is 3.07. The lowest BCUT2D eigenvalue weighted by molar-refractivity contribution is -0.384. The largest absolute Gasteiger partial charge is 0.393 e. The number of nitro benzene ring substituents is 1. The second kappa shape index (κ2) is 5.35. The van der Waals surface area contributed by atoms with E-state index in [4.69, 9.17) is 5.73 Å². The zero-order valence-electron chi connectivity index (χ0n) is 10.7. The summed E-state index contributed by atoms with van der Waals surface area (Å²) < 4.78 is 0. The van der Waals surface area contributed by atoms with Crippen molar-refractivity contribution >= 4 is 23.0 Å². The number of nitrogens with two attached hydrogens (primary N) is 1. The minimum Gasteiger partial charge on any atom is -0.393 e. The van der Waals surface area contributed by atoms with Crippen molar-refractivity contribution in [2.75, 3.05) is 17.7 Å². The van der Waals surface area contributed by atoms with E-state index in [2.05, 4.69) is 4.98 Å². The zero-order chi connectivity index (χ0) is 14.7. The molecule has 2 N–H and O–H groups in total. The van der Waals surface area contributed by atoms with Gasteiger partial charge in [0.1, 0.15) is 11.3 Å². The molecular weight excluding hydrogens is 260 g/mol. The van der Waals surface area contributed by atoms with Gasteiger partial charge in [0, 0.05) is 13.2 Å². The fourth-order valence-electron chi connectivity index (χ4n) is 1.79. The number of nitro groups is 1. The molecule has 7 nitrogen and oxygen atoms in total. The molecule has 0 aliphatic rings. The van der Waals surface area contributed by atoms with Gasteiger partial charge in [0.05, 0.1) is 16.8 Å². The number of carbonyl (C=O) groups excluding carboxylic acids is 1. The van der Waals surface area contributed by atoms with E-state index >= 15 is 0 Å². The van der Waals surface area contributed by atoms with E-state index in [1.807, 2.05) is 0 Å². The Morgan fingerprint density at radius 2 is 2.10 bits per heavy atom. The van der Waals surface area contributed by atoms with E-state index in [1.54, 1.807) is 18.3 Å². The quantitative estimate of drug-likeness (QED) is 0.521. The zero-order valence-corrected chi connectivity index (χ0v) is 10.7. The molecule has 2 aromatic rings. The number of rotatable bonds is 3. The second-order valence-corrected chi connectivity index (χ2v) is 4.08. The molecule has 0 atom stereocenters. The molecule has 0 unspecified atom stereocenters. The Balaban J connectivity index is 2.44. The van der Waals surface area contributed by atoms with Crippen LogP contribution < -0.4 is 10.6 Å². The molecule has 0 spiro atoms. The molecule has 1 heterocycles. The number of pyridine rings is 1. The second-order valence-electron chi connectivity index (χ2n) is 4.08. The van der Waals surface area contributed by atoms with Gasteiger partial charge in [-0.1, -0.05) is 6.07 Å². The first kappa shape index (κ1) is 13.5. The molecule has 1 aromatic carbocycles. The van der Waals surface area contributed by atoms with Crippen LogP contribution in [0.25, 0.3) is 0 Å². The number of nitrogen functional groups attached to an aromatic ring is 1. The molecular formula is C13H12N4O3. The Kier molecular flexibility index (Phi) is 3.60. The van der Waals surface area contributed by atoms with Gasteiger partial charge < -0.3 is 10.6 Å². The Morgan fingerprint density at radius 3 is 2.70 bits per heavy atom. The molecule has 0 bridgehead atoms. The molecule has 20 heavy (non-hydrogen) atoms. The van der Waals surface area contributed by atoms with Crippen molar-refractivity contribution in [3.8, 4) is 0 Å². The van der Waals surface area contributed by atoms with E-state index in [0.29, 0.717) is 5.69 Å². The standard InChI is InChI=1S/C13H12N4O3/c1-16(9-4-3-7-15-8-9)13(18)10-5-2-6-11(14)12(10)17(19)20/h2-8H,14H2,1H3. The SMILES string of the molecule is CN(C(=O)c1cccc(N)c1[N+](=O)[O-])c1cccnc1. The maximum absolute atomic E-state index is 12.4.